The first kappa shape index (κ1) is 21.4. The van der Waals surface area contributed by atoms with E-state index >= 15 is 0 Å². The average Bonchev–Trinajstić information content (AvgIpc) is 3.26. The van der Waals surface area contributed by atoms with Gasteiger partial charge in [0, 0.05) is 18.2 Å². The van der Waals surface area contributed by atoms with E-state index in [-0.39, 0.29) is 11.7 Å². The predicted octanol–water partition coefficient (Wildman–Crippen LogP) is 5.67. The van der Waals surface area contributed by atoms with E-state index in [9.17, 15) is 9.18 Å². The van der Waals surface area contributed by atoms with Gasteiger partial charge < -0.3 is 14.4 Å². The Hall–Kier alpha value is -3.84. The number of aromatic carboxylic acids is 1. The van der Waals surface area contributed by atoms with Crippen LogP contribution < -0.4 is 0 Å². The Labute approximate surface area is 184 Å². The Morgan fingerprint density at radius 2 is 1.84 bits per heavy atom. The first-order chi connectivity index (χ1) is 15.4. The highest BCUT2D eigenvalue weighted by Crippen LogP contribution is 2.32. The van der Waals surface area contributed by atoms with Crippen LogP contribution in [0.1, 0.15) is 27.0 Å². The first-order valence-corrected chi connectivity index (χ1v) is 9.94. The van der Waals surface area contributed by atoms with E-state index in [0.717, 1.165) is 22.8 Å². The fourth-order valence-corrected chi connectivity index (χ4v) is 3.59. The van der Waals surface area contributed by atoms with Gasteiger partial charge in [-0.15, -0.1) is 0 Å². The molecule has 0 aliphatic rings. The highest BCUT2D eigenvalue weighted by molar-refractivity contribution is 5.88. The van der Waals surface area contributed by atoms with E-state index in [1.54, 1.807) is 7.11 Å². The van der Waals surface area contributed by atoms with E-state index in [2.05, 4.69) is 36.1 Å². The van der Waals surface area contributed by atoms with Crippen LogP contribution in [0.5, 0.6) is 0 Å². The van der Waals surface area contributed by atoms with Gasteiger partial charge in [0.15, 0.2) is 0 Å². The lowest BCUT2D eigenvalue weighted by atomic mass is 9.92. The van der Waals surface area contributed by atoms with Crippen molar-refractivity contribution in [2.24, 2.45) is 0 Å². The lowest BCUT2D eigenvalue weighted by Gasteiger charge is -2.14. The minimum atomic E-state index is -1.34. The molecule has 6 nitrogen and oxygen atoms in total. The number of methoxy groups -OCH3 is 1. The van der Waals surface area contributed by atoms with Gasteiger partial charge in [0.25, 0.3) is 5.89 Å². The fourth-order valence-electron chi connectivity index (χ4n) is 3.59. The maximum absolute atomic E-state index is 14.0. The Kier molecular flexibility index (Phi) is 5.83. The van der Waals surface area contributed by atoms with Gasteiger partial charge in [-0.25, -0.2) is 9.18 Å². The van der Waals surface area contributed by atoms with Gasteiger partial charge in [-0.3, -0.25) is 0 Å². The minimum Gasteiger partial charge on any atom is -0.478 e. The smallest absolute Gasteiger partial charge is 0.338 e. The molecule has 162 valence electrons. The molecule has 1 heterocycles. The molecule has 0 aliphatic carbocycles. The zero-order chi connectivity index (χ0) is 22.8. The monoisotopic (exact) mass is 432 g/mol. The average molecular weight is 432 g/mol. The molecule has 1 N–H and O–H groups in total. The van der Waals surface area contributed by atoms with Crippen LogP contribution in [0.2, 0.25) is 0 Å². The van der Waals surface area contributed by atoms with Crippen molar-refractivity contribution in [3.8, 4) is 34.0 Å². The molecule has 0 spiro atoms. The topological polar surface area (TPSA) is 85.5 Å². The molecule has 32 heavy (non-hydrogen) atoms. The quantitative estimate of drug-likeness (QED) is 0.422. The van der Waals surface area contributed by atoms with Gasteiger partial charge in [-0.1, -0.05) is 29.4 Å². The van der Waals surface area contributed by atoms with Gasteiger partial charge in [-0.2, -0.15) is 4.98 Å². The highest BCUT2D eigenvalue weighted by Gasteiger charge is 2.17. The number of hydrogen-bond acceptors (Lipinski definition) is 5. The number of nitrogens with zero attached hydrogens (tertiary/aromatic N) is 2. The molecule has 0 saturated heterocycles. The Morgan fingerprint density at radius 3 is 2.56 bits per heavy atom. The molecular formula is C25H21FN2O4. The van der Waals surface area contributed by atoms with Crippen LogP contribution in [0, 0.1) is 19.7 Å². The van der Waals surface area contributed by atoms with Crippen LogP contribution in [0.25, 0.3) is 34.0 Å². The molecule has 0 unspecified atom stereocenters. The Balaban J connectivity index is 1.72. The number of ether oxygens (including phenoxy) is 1. The van der Waals surface area contributed by atoms with E-state index in [0.29, 0.717) is 17.7 Å². The van der Waals surface area contributed by atoms with E-state index in [4.69, 9.17) is 14.4 Å². The largest absolute Gasteiger partial charge is 0.478 e. The van der Waals surface area contributed by atoms with E-state index < -0.39 is 17.3 Å². The number of carboxylic acid groups (broad SMARTS) is 1. The zero-order valence-corrected chi connectivity index (χ0v) is 17.8. The Morgan fingerprint density at radius 1 is 1.06 bits per heavy atom. The van der Waals surface area contributed by atoms with Gasteiger partial charge in [0.1, 0.15) is 5.82 Å². The lowest BCUT2D eigenvalue weighted by Crippen LogP contribution is -2.00. The maximum Gasteiger partial charge on any atom is 0.338 e. The van der Waals surface area contributed by atoms with Crippen LogP contribution in [0.15, 0.2) is 59.1 Å². The summed E-state index contributed by atoms with van der Waals surface area (Å²) in [7, 11) is 1.64. The number of benzene rings is 3. The second kappa shape index (κ2) is 8.72. The first-order valence-electron chi connectivity index (χ1n) is 9.94. The number of carboxylic acids is 1. The normalized spacial score (nSPS) is 11.0. The molecule has 7 heteroatoms. The highest BCUT2D eigenvalue weighted by atomic mass is 19.1. The van der Waals surface area contributed by atoms with Gasteiger partial charge in [-0.05, 0) is 72.0 Å². The number of aromatic nitrogens is 2. The molecule has 0 amide bonds. The molecule has 3 aromatic carbocycles. The molecule has 1 aromatic heterocycles. The minimum absolute atomic E-state index is 0.169. The second-order valence-electron chi connectivity index (χ2n) is 7.48. The van der Waals surface area contributed by atoms with Crippen LogP contribution >= 0.6 is 0 Å². The standard InChI is InChI=1S/C25H21FN2O4/c1-14-5-4-6-19(15(14)2)20-9-8-17(11-18(20)13-31-3)24-27-23(28-32-24)16-7-10-21(25(29)30)22(26)12-16/h4-12H,13H2,1-3H3,(H,29,30). The third kappa shape index (κ3) is 4.02. The summed E-state index contributed by atoms with van der Waals surface area (Å²) in [6.45, 7) is 4.57. The molecule has 0 bridgehead atoms. The van der Waals surface area contributed by atoms with Crippen molar-refractivity contribution in [3.05, 3.63) is 82.7 Å². The number of carbonyl (C=O) groups is 1. The molecule has 0 fully saturated rings. The fraction of sp³-hybridized carbons (Fsp3) is 0.160. The van der Waals surface area contributed by atoms with Crippen molar-refractivity contribution < 1.29 is 23.6 Å². The summed E-state index contributed by atoms with van der Waals surface area (Å²) < 4.78 is 24.9. The summed E-state index contributed by atoms with van der Waals surface area (Å²) in [5.41, 5.74) is 6.17. The molecule has 0 radical (unpaired) electrons. The van der Waals surface area contributed by atoms with Crippen molar-refractivity contribution in [3.63, 3.8) is 0 Å². The van der Waals surface area contributed by atoms with Crippen LogP contribution in [-0.4, -0.2) is 28.3 Å². The van der Waals surface area contributed by atoms with Crippen molar-refractivity contribution in [2.45, 2.75) is 20.5 Å². The van der Waals surface area contributed by atoms with Gasteiger partial charge >= 0.3 is 5.97 Å². The van der Waals surface area contributed by atoms with E-state index in [1.807, 2.05) is 24.3 Å². The number of rotatable bonds is 6. The summed E-state index contributed by atoms with van der Waals surface area (Å²) in [6.07, 6.45) is 0. The molecule has 0 aliphatic heterocycles. The van der Waals surface area contributed by atoms with Crippen molar-refractivity contribution in [1.29, 1.82) is 0 Å². The summed E-state index contributed by atoms with van der Waals surface area (Å²) >= 11 is 0. The molecule has 0 atom stereocenters. The summed E-state index contributed by atoms with van der Waals surface area (Å²) in [5, 5.41) is 12.9. The van der Waals surface area contributed by atoms with Crippen molar-refractivity contribution in [1.82, 2.24) is 10.1 Å². The van der Waals surface area contributed by atoms with Gasteiger partial charge in [0.05, 0.1) is 12.2 Å². The third-order valence-corrected chi connectivity index (χ3v) is 5.43. The summed E-state index contributed by atoms with van der Waals surface area (Å²) in [6, 6.07) is 15.7. The third-order valence-electron chi connectivity index (χ3n) is 5.43. The van der Waals surface area contributed by atoms with Gasteiger partial charge in [0.2, 0.25) is 5.82 Å². The van der Waals surface area contributed by atoms with Crippen LogP contribution in [0.3, 0.4) is 0 Å². The maximum atomic E-state index is 14.0. The molecular weight excluding hydrogens is 411 g/mol. The number of hydrogen-bond donors (Lipinski definition) is 1. The van der Waals surface area contributed by atoms with Crippen LogP contribution in [-0.2, 0) is 11.3 Å². The predicted molar refractivity (Wildman–Crippen MR) is 118 cm³/mol. The molecule has 4 rings (SSSR count). The number of halogens is 1. The SMILES string of the molecule is COCc1cc(-c2nc(-c3ccc(C(=O)O)c(F)c3)no2)ccc1-c1cccc(C)c1C. The van der Waals surface area contributed by atoms with Crippen LogP contribution in [0.4, 0.5) is 4.39 Å². The molecule has 0 saturated carbocycles. The second-order valence-corrected chi connectivity index (χ2v) is 7.48. The van der Waals surface area contributed by atoms with E-state index in [1.165, 1.54) is 23.3 Å². The zero-order valence-electron chi connectivity index (χ0n) is 17.8. The number of aryl methyl sites for hydroxylation is 1. The van der Waals surface area contributed by atoms with Crippen molar-refractivity contribution >= 4 is 5.97 Å². The summed E-state index contributed by atoms with van der Waals surface area (Å²) in [4.78, 5) is 15.4. The summed E-state index contributed by atoms with van der Waals surface area (Å²) in [5.74, 6) is -1.76. The lowest BCUT2D eigenvalue weighted by molar-refractivity contribution is 0.0692. The Bertz CT molecular complexity index is 1310. The molecule has 4 aromatic rings. The van der Waals surface area contributed by atoms with Crippen molar-refractivity contribution in [2.75, 3.05) is 7.11 Å².